The van der Waals surface area contributed by atoms with Gasteiger partial charge in [0.2, 0.25) is 5.67 Å². The van der Waals surface area contributed by atoms with Crippen LogP contribution in [-0.2, 0) is 9.53 Å². The lowest BCUT2D eigenvalue weighted by Gasteiger charge is -2.50. The summed E-state index contributed by atoms with van der Waals surface area (Å²) in [5.41, 5.74) is -13.8. The summed E-state index contributed by atoms with van der Waals surface area (Å²) in [6, 6.07) is 0. The van der Waals surface area contributed by atoms with Crippen LogP contribution in [0.2, 0.25) is 0 Å². The maximum absolute atomic E-state index is 14.3. The fraction of sp³-hybridized carbons (Fsp3) is 0.950. The molecule has 0 aromatic carbocycles. The summed E-state index contributed by atoms with van der Waals surface area (Å²) in [5.74, 6) is -8.28. The number of aliphatic hydroxyl groups is 2. The standard InChI is InChI=1S/C20H28F10O4/c1-6-15(4,21)13(31)34-14(2,3)10-7-11(16(5,32)18(22,23)24)9-12(8-10)17(33,19(25,26)27)20(28,29)30/h10-12,32-33H,6-9H2,1-5H3. The van der Waals surface area contributed by atoms with Crippen LogP contribution in [0.5, 0.6) is 0 Å². The van der Waals surface area contributed by atoms with Gasteiger partial charge in [0, 0.05) is 5.92 Å². The molecule has 4 nitrogen and oxygen atoms in total. The molecule has 0 aliphatic heterocycles. The summed E-state index contributed by atoms with van der Waals surface area (Å²) >= 11 is 0. The number of halogens is 10. The number of esters is 1. The highest BCUT2D eigenvalue weighted by atomic mass is 19.4. The minimum Gasteiger partial charge on any atom is -0.457 e. The second kappa shape index (κ2) is 8.97. The van der Waals surface area contributed by atoms with Crippen LogP contribution in [-0.4, -0.2) is 57.2 Å². The highest BCUT2D eigenvalue weighted by Gasteiger charge is 2.75. The van der Waals surface area contributed by atoms with Gasteiger partial charge in [-0.15, -0.1) is 0 Å². The zero-order chi connectivity index (χ0) is 27.3. The smallest absolute Gasteiger partial charge is 0.426 e. The Morgan fingerprint density at radius 3 is 1.47 bits per heavy atom. The molecule has 0 spiro atoms. The van der Waals surface area contributed by atoms with Crippen molar-refractivity contribution >= 4 is 5.97 Å². The maximum atomic E-state index is 14.3. The summed E-state index contributed by atoms with van der Waals surface area (Å²) < 4.78 is 141. The first-order chi connectivity index (χ1) is 14.8. The first kappa shape index (κ1) is 30.7. The van der Waals surface area contributed by atoms with E-state index in [4.69, 9.17) is 4.74 Å². The third-order valence-electron chi connectivity index (χ3n) is 6.96. The van der Waals surface area contributed by atoms with E-state index in [9.17, 15) is 58.9 Å². The Morgan fingerprint density at radius 2 is 1.12 bits per heavy atom. The number of carbonyl (C=O) groups is 1. The molecule has 34 heavy (non-hydrogen) atoms. The van der Waals surface area contributed by atoms with Crippen molar-refractivity contribution in [3.05, 3.63) is 0 Å². The minimum atomic E-state index is -6.33. The summed E-state index contributed by atoms with van der Waals surface area (Å²) in [4.78, 5) is 12.2. The molecule has 1 rings (SSSR count). The Balaban J connectivity index is 3.59. The summed E-state index contributed by atoms with van der Waals surface area (Å²) in [5, 5.41) is 19.9. The van der Waals surface area contributed by atoms with E-state index in [2.05, 4.69) is 0 Å². The number of ether oxygens (including phenoxy) is 1. The van der Waals surface area contributed by atoms with E-state index in [0.717, 1.165) is 20.8 Å². The highest BCUT2D eigenvalue weighted by molar-refractivity contribution is 5.79. The predicted octanol–water partition coefficient (Wildman–Crippen LogP) is 5.65. The monoisotopic (exact) mass is 522 g/mol. The van der Waals surface area contributed by atoms with E-state index in [-0.39, 0.29) is 6.92 Å². The Hall–Kier alpha value is -1.31. The van der Waals surface area contributed by atoms with Crippen molar-refractivity contribution < 1.29 is 63.6 Å². The van der Waals surface area contributed by atoms with E-state index < -0.39 is 90.4 Å². The van der Waals surface area contributed by atoms with Gasteiger partial charge in [0.05, 0.1) is 0 Å². The van der Waals surface area contributed by atoms with Crippen molar-refractivity contribution in [2.75, 3.05) is 0 Å². The zero-order valence-corrected chi connectivity index (χ0v) is 19.1. The molecule has 0 heterocycles. The van der Waals surface area contributed by atoms with E-state index in [1.54, 1.807) is 0 Å². The third kappa shape index (κ3) is 5.57. The van der Waals surface area contributed by atoms with Gasteiger partial charge in [-0.1, -0.05) is 6.92 Å². The molecule has 5 atom stereocenters. The normalized spacial score (nSPS) is 27.0. The SMILES string of the molecule is CCC(C)(F)C(=O)OC(C)(C)C1CC(C(C)(O)C(F)(F)F)CC(C(O)(C(F)(F)F)C(F)(F)F)C1. The van der Waals surface area contributed by atoms with Crippen molar-refractivity contribution in [3.8, 4) is 0 Å². The van der Waals surface area contributed by atoms with E-state index in [1.807, 2.05) is 0 Å². The molecule has 0 amide bonds. The molecule has 1 saturated carbocycles. The molecule has 202 valence electrons. The van der Waals surface area contributed by atoms with Gasteiger partial charge in [-0.2, -0.15) is 39.5 Å². The molecule has 1 fully saturated rings. The number of rotatable bonds is 6. The highest BCUT2D eigenvalue weighted by Crippen LogP contribution is 2.57. The molecule has 0 aromatic rings. The molecule has 1 aliphatic rings. The summed E-state index contributed by atoms with van der Waals surface area (Å²) in [7, 11) is 0. The lowest BCUT2D eigenvalue weighted by atomic mass is 9.61. The molecule has 5 unspecified atom stereocenters. The van der Waals surface area contributed by atoms with E-state index in [1.165, 1.54) is 6.92 Å². The summed E-state index contributed by atoms with van der Waals surface area (Å²) in [6.45, 7) is 4.28. The van der Waals surface area contributed by atoms with Crippen LogP contribution in [0.3, 0.4) is 0 Å². The lowest BCUT2D eigenvalue weighted by molar-refractivity contribution is -0.392. The Kier molecular flexibility index (Phi) is 8.10. The van der Waals surface area contributed by atoms with Crippen LogP contribution < -0.4 is 0 Å². The molecule has 0 aromatic heterocycles. The van der Waals surface area contributed by atoms with E-state index in [0.29, 0.717) is 0 Å². The predicted molar refractivity (Wildman–Crippen MR) is 98.0 cm³/mol. The Morgan fingerprint density at radius 1 is 0.735 bits per heavy atom. The fourth-order valence-electron chi connectivity index (χ4n) is 4.11. The number of hydrogen-bond donors (Lipinski definition) is 2. The van der Waals surface area contributed by atoms with Crippen LogP contribution in [0.4, 0.5) is 43.9 Å². The summed E-state index contributed by atoms with van der Waals surface area (Å²) in [6.07, 6.45) is -22.0. The molecule has 2 N–H and O–H groups in total. The average molecular weight is 522 g/mol. The quantitative estimate of drug-likeness (QED) is 0.350. The van der Waals surface area contributed by atoms with Crippen LogP contribution in [0, 0.1) is 17.8 Å². The Labute approximate surface area is 189 Å². The molecule has 1 aliphatic carbocycles. The fourth-order valence-corrected chi connectivity index (χ4v) is 4.11. The molecular weight excluding hydrogens is 494 g/mol. The number of hydrogen-bond acceptors (Lipinski definition) is 4. The van der Waals surface area contributed by atoms with Crippen molar-refractivity contribution in [1.29, 1.82) is 0 Å². The van der Waals surface area contributed by atoms with Gasteiger partial charge in [-0.3, -0.25) is 0 Å². The van der Waals surface area contributed by atoms with Gasteiger partial charge in [-0.05, 0) is 65.2 Å². The molecule has 14 heteroatoms. The van der Waals surface area contributed by atoms with E-state index >= 15 is 0 Å². The second-order valence-electron chi connectivity index (χ2n) is 9.75. The van der Waals surface area contributed by atoms with Crippen LogP contribution in [0.25, 0.3) is 0 Å². The van der Waals surface area contributed by atoms with Gasteiger partial charge in [0.15, 0.2) is 5.60 Å². The van der Waals surface area contributed by atoms with Crippen molar-refractivity contribution in [2.45, 2.75) is 101 Å². The molecule has 0 radical (unpaired) electrons. The van der Waals surface area contributed by atoms with Crippen molar-refractivity contribution in [1.82, 2.24) is 0 Å². The molecule has 0 saturated heterocycles. The van der Waals surface area contributed by atoms with Crippen LogP contribution in [0.15, 0.2) is 0 Å². The average Bonchev–Trinajstić information content (AvgIpc) is 2.63. The van der Waals surface area contributed by atoms with Crippen LogP contribution in [0.1, 0.15) is 60.3 Å². The largest absolute Gasteiger partial charge is 0.457 e. The van der Waals surface area contributed by atoms with Gasteiger partial charge < -0.3 is 14.9 Å². The van der Waals surface area contributed by atoms with Crippen LogP contribution >= 0.6 is 0 Å². The van der Waals surface area contributed by atoms with Crippen molar-refractivity contribution in [3.63, 3.8) is 0 Å². The third-order valence-corrected chi connectivity index (χ3v) is 6.96. The minimum absolute atomic E-state index is 0.200. The topological polar surface area (TPSA) is 66.8 Å². The molecular formula is C20H28F10O4. The van der Waals surface area contributed by atoms with Crippen molar-refractivity contribution in [2.24, 2.45) is 17.8 Å². The van der Waals surface area contributed by atoms with Gasteiger partial charge in [-0.25, -0.2) is 9.18 Å². The lowest BCUT2D eigenvalue weighted by Crippen LogP contribution is -2.65. The number of alkyl halides is 10. The Bertz CT molecular complexity index is 723. The van der Waals surface area contributed by atoms with Gasteiger partial charge >= 0.3 is 24.5 Å². The first-order valence-corrected chi connectivity index (χ1v) is 10.3. The number of carbonyl (C=O) groups excluding carboxylic acids is 1. The van der Waals surface area contributed by atoms with Gasteiger partial charge in [0.25, 0.3) is 5.60 Å². The zero-order valence-electron chi connectivity index (χ0n) is 19.1. The first-order valence-electron chi connectivity index (χ1n) is 10.3. The molecule has 0 bridgehead atoms. The second-order valence-corrected chi connectivity index (χ2v) is 9.75. The maximum Gasteiger partial charge on any atom is 0.426 e. The van der Waals surface area contributed by atoms with Gasteiger partial charge in [0.1, 0.15) is 5.60 Å².